The Balaban J connectivity index is 2.86. The summed E-state index contributed by atoms with van der Waals surface area (Å²) in [5.41, 5.74) is 0.402. The van der Waals surface area contributed by atoms with Gasteiger partial charge in [0.15, 0.2) is 0 Å². The van der Waals surface area contributed by atoms with Crippen LogP contribution in [0, 0.1) is 8.99 Å². The maximum absolute atomic E-state index is 11.9. The fraction of sp³-hybridized carbons (Fsp3) is 0.455. The molecule has 16 heavy (non-hydrogen) atoms. The lowest BCUT2D eigenvalue weighted by atomic mass is 10.0. The van der Waals surface area contributed by atoms with Crippen LogP contribution >= 0.6 is 22.6 Å². The van der Waals surface area contributed by atoms with Crippen LogP contribution in [0.15, 0.2) is 24.3 Å². The molecule has 1 aromatic rings. The predicted molar refractivity (Wildman–Crippen MR) is 76.0 cm³/mol. The first-order valence-corrected chi connectivity index (χ1v) is 7.68. The average molecular weight is 353 g/mol. The first-order valence-electron chi connectivity index (χ1n) is 4.95. The highest BCUT2D eigenvalue weighted by molar-refractivity contribution is 14.1. The molecule has 0 aliphatic rings. The summed E-state index contributed by atoms with van der Waals surface area (Å²) in [4.78, 5) is 0. The van der Waals surface area contributed by atoms with Gasteiger partial charge in [0.05, 0.1) is 11.4 Å². The molecule has 1 aromatic carbocycles. The van der Waals surface area contributed by atoms with E-state index in [1.807, 2.05) is 39.0 Å². The third-order valence-corrected chi connectivity index (χ3v) is 4.48. The van der Waals surface area contributed by atoms with E-state index >= 15 is 0 Å². The van der Waals surface area contributed by atoms with Crippen molar-refractivity contribution in [2.45, 2.75) is 20.8 Å². The van der Waals surface area contributed by atoms with Crippen molar-refractivity contribution in [3.63, 3.8) is 0 Å². The van der Waals surface area contributed by atoms with Gasteiger partial charge < -0.3 is 0 Å². The van der Waals surface area contributed by atoms with Gasteiger partial charge in [-0.1, -0.05) is 32.9 Å². The zero-order chi connectivity index (χ0) is 12.4. The zero-order valence-electron chi connectivity index (χ0n) is 9.62. The largest absolute Gasteiger partial charge is 0.282 e. The van der Waals surface area contributed by atoms with E-state index in [1.54, 1.807) is 6.07 Å². The van der Waals surface area contributed by atoms with E-state index in [0.29, 0.717) is 5.69 Å². The molecule has 0 saturated carbocycles. The summed E-state index contributed by atoms with van der Waals surface area (Å²) in [5.74, 6) is 0.116. The SMILES string of the molecule is CC(C)(C)CS(=O)(=O)Nc1ccccc1I. The first kappa shape index (κ1) is 13.8. The molecule has 0 bridgehead atoms. The summed E-state index contributed by atoms with van der Waals surface area (Å²) in [5, 5.41) is 0. The van der Waals surface area contributed by atoms with Crippen molar-refractivity contribution in [3.8, 4) is 0 Å². The maximum Gasteiger partial charge on any atom is 0.233 e. The van der Waals surface area contributed by atoms with Gasteiger partial charge >= 0.3 is 0 Å². The van der Waals surface area contributed by atoms with E-state index < -0.39 is 10.0 Å². The molecule has 1 rings (SSSR count). The van der Waals surface area contributed by atoms with Gasteiger partial charge in [0, 0.05) is 3.57 Å². The van der Waals surface area contributed by atoms with Crippen molar-refractivity contribution in [3.05, 3.63) is 27.8 Å². The van der Waals surface area contributed by atoms with Crippen LogP contribution in [0.5, 0.6) is 0 Å². The normalized spacial score (nSPS) is 12.5. The molecular formula is C11H16INO2S. The molecule has 0 amide bonds. The Kier molecular flexibility index (Phi) is 4.23. The van der Waals surface area contributed by atoms with Gasteiger partial charge in [-0.05, 0) is 40.1 Å². The summed E-state index contributed by atoms with van der Waals surface area (Å²) in [6.07, 6.45) is 0. The molecule has 0 heterocycles. The molecule has 0 fully saturated rings. The number of hydrogen-bond acceptors (Lipinski definition) is 2. The van der Waals surface area contributed by atoms with Gasteiger partial charge in [0.2, 0.25) is 10.0 Å². The lowest BCUT2D eigenvalue weighted by Gasteiger charge is -2.19. The first-order chi connectivity index (χ1) is 7.20. The van der Waals surface area contributed by atoms with Crippen LogP contribution in [0.1, 0.15) is 20.8 Å². The third kappa shape index (κ3) is 4.69. The van der Waals surface area contributed by atoms with Crippen LogP contribution in [0.25, 0.3) is 0 Å². The van der Waals surface area contributed by atoms with E-state index in [4.69, 9.17) is 0 Å². The predicted octanol–water partition coefficient (Wildman–Crippen LogP) is 3.08. The second-order valence-electron chi connectivity index (χ2n) is 4.90. The monoisotopic (exact) mass is 353 g/mol. The molecule has 0 aromatic heterocycles. The summed E-state index contributed by atoms with van der Waals surface area (Å²) >= 11 is 2.11. The molecular weight excluding hydrogens is 337 g/mol. The van der Waals surface area contributed by atoms with Crippen LogP contribution in [0.4, 0.5) is 5.69 Å². The molecule has 0 unspecified atom stereocenters. The van der Waals surface area contributed by atoms with E-state index in [-0.39, 0.29) is 11.2 Å². The summed E-state index contributed by atoms with van der Waals surface area (Å²) in [6, 6.07) is 7.33. The van der Waals surface area contributed by atoms with Crippen molar-refractivity contribution >= 4 is 38.3 Å². The Morgan fingerprint density at radius 2 is 1.81 bits per heavy atom. The van der Waals surface area contributed by atoms with Gasteiger partial charge in [0.25, 0.3) is 0 Å². The van der Waals surface area contributed by atoms with Crippen LogP contribution < -0.4 is 4.72 Å². The minimum Gasteiger partial charge on any atom is -0.282 e. The number of hydrogen-bond donors (Lipinski definition) is 1. The highest BCUT2D eigenvalue weighted by Gasteiger charge is 2.21. The number of rotatable bonds is 3. The maximum atomic E-state index is 11.9. The molecule has 1 N–H and O–H groups in total. The van der Waals surface area contributed by atoms with Crippen molar-refractivity contribution in [1.29, 1.82) is 0 Å². The van der Waals surface area contributed by atoms with Gasteiger partial charge in [-0.3, -0.25) is 4.72 Å². The van der Waals surface area contributed by atoms with Crippen LogP contribution in [-0.2, 0) is 10.0 Å². The van der Waals surface area contributed by atoms with E-state index in [2.05, 4.69) is 27.3 Å². The summed E-state index contributed by atoms with van der Waals surface area (Å²) in [7, 11) is -3.27. The topological polar surface area (TPSA) is 46.2 Å². The summed E-state index contributed by atoms with van der Waals surface area (Å²) < 4.78 is 27.2. The standard InChI is InChI=1S/C11H16INO2S/c1-11(2,3)8-16(14,15)13-10-7-5-4-6-9(10)12/h4-7,13H,8H2,1-3H3. The number of nitrogens with one attached hydrogen (secondary N) is 1. The second-order valence-corrected chi connectivity index (χ2v) is 7.79. The van der Waals surface area contributed by atoms with Crippen LogP contribution in [-0.4, -0.2) is 14.2 Å². The molecule has 0 radical (unpaired) electrons. The second kappa shape index (κ2) is 4.91. The van der Waals surface area contributed by atoms with Gasteiger partial charge in [0.1, 0.15) is 0 Å². The van der Waals surface area contributed by atoms with Crippen molar-refractivity contribution in [1.82, 2.24) is 0 Å². The van der Waals surface area contributed by atoms with E-state index in [0.717, 1.165) is 3.57 Å². The smallest absolute Gasteiger partial charge is 0.233 e. The number of benzene rings is 1. The number of halogens is 1. The minimum atomic E-state index is -3.27. The molecule has 0 atom stereocenters. The highest BCUT2D eigenvalue weighted by atomic mass is 127. The van der Waals surface area contributed by atoms with Gasteiger partial charge in [-0.2, -0.15) is 0 Å². The Bertz CT molecular complexity index is 463. The zero-order valence-corrected chi connectivity index (χ0v) is 12.6. The van der Waals surface area contributed by atoms with Crippen LogP contribution in [0.3, 0.4) is 0 Å². The van der Waals surface area contributed by atoms with Gasteiger partial charge in [-0.25, -0.2) is 8.42 Å². The fourth-order valence-corrected chi connectivity index (χ4v) is 3.75. The lowest BCUT2D eigenvalue weighted by Crippen LogP contribution is -2.26. The Hall–Kier alpha value is -0.300. The van der Waals surface area contributed by atoms with Crippen molar-refractivity contribution in [2.75, 3.05) is 10.5 Å². The highest BCUT2D eigenvalue weighted by Crippen LogP contribution is 2.21. The molecule has 5 heteroatoms. The number of anilines is 1. The Labute approximate surface area is 111 Å². The Morgan fingerprint density at radius 3 is 2.31 bits per heavy atom. The summed E-state index contributed by atoms with van der Waals surface area (Å²) in [6.45, 7) is 5.71. The molecule has 3 nitrogen and oxygen atoms in total. The minimum absolute atomic E-state index is 0.116. The third-order valence-electron chi connectivity index (χ3n) is 1.76. The lowest BCUT2D eigenvalue weighted by molar-refractivity contribution is 0.463. The molecule has 0 saturated heterocycles. The van der Waals surface area contributed by atoms with Crippen LogP contribution in [0.2, 0.25) is 0 Å². The van der Waals surface area contributed by atoms with E-state index in [1.165, 1.54) is 0 Å². The quantitative estimate of drug-likeness (QED) is 0.849. The van der Waals surface area contributed by atoms with Gasteiger partial charge in [-0.15, -0.1) is 0 Å². The van der Waals surface area contributed by atoms with Crippen molar-refractivity contribution in [2.24, 2.45) is 5.41 Å². The number of para-hydroxylation sites is 1. The fourth-order valence-electron chi connectivity index (χ4n) is 1.32. The average Bonchev–Trinajstić information content (AvgIpc) is 2.04. The molecule has 0 spiro atoms. The molecule has 0 aliphatic carbocycles. The Morgan fingerprint density at radius 1 is 1.25 bits per heavy atom. The molecule has 90 valence electrons. The molecule has 0 aliphatic heterocycles. The van der Waals surface area contributed by atoms with E-state index in [9.17, 15) is 8.42 Å². The number of sulfonamides is 1. The van der Waals surface area contributed by atoms with Crippen molar-refractivity contribution < 1.29 is 8.42 Å².